The molecule has 2 aromatic heterocycles. The molecule has 0 saturated heterocycles. The molecule has 0 spiro atoms. The minimum Gasteiger partial charge on any atom is -0.247 e. The van der Waals surface area contributed by atoms with Crippen molar-refractivity contribution in [2.24, 2.45) is 0 Å². The maximum Gasteiger partial charge on any atom is 0.0751 e. The van der Waals surface area contributed by atoms with Crippen LogP contribution in [0.2, 0.25) is 0 Å². The van der Waals surface area contributed by atoms with Crippen molar-refractivity contribution < 1.29 is 0 Å². The molecule has 206 valence electrons. The molecular formula is C42H28N2. The van der Waals surface area contributed by atoms with Crippen molar-refractivity contribution in [1.29, 1.82) is 0 Å². The van der Waals surface area contributed by atoms with Gasteiger partial charge in [0.15, 0.2) is 0 Å². The first-order chi connectivity index (χ1) is 21.8. The number of pyridine rings is 2. The Hall–Kier alpha value is -5.08. The summed E-state index contributed by atoms with van der Waals surface area (Å²) in [6.45, 7) is 0. The first-order valence-electron chi connectivity index (χ1n) is 16.0. The minimum absolute atomic E-state index is 0.400. The Morgan fingerprint density at radius 1 is 0.386 bits per heavy atom. The Bertz CT molecular complexity index is 2220. The summed E-state index contributed by atoms with van der Waals surface area (Å²) in [5.41, 5.74) is 18.7. The molecule has 0 N–H and O–H groups in total. The summed E-state index contributed by atoms with van der Waals surface area (Å²) in [6.07, 6.45) is 2.30. The van der Waals surface area contributed by atoms with E-state index in [1.54, 1.807) is 0 Å². The van der Waals surface area contributed by atoms with Crippen molar-refractivity contribution in [2.75, 3.05) is 0 Å². The van der Waals surface area contributed by atoms with E-state index in [0.717, 1.165) is 35.3 Å². The molecule has 5 aromatic carbocycles. The fourth-order valence-corrected chi connectivity index (χ4v) is 9.58. The number of benzene rings is 5. The third kappa shape index (κ3) is 2.87. The first kappa shape index (κ1) is 23.4. The van der Waals surface area contributed by atoms with Gasteiger partial charge >= 0.3 is 0 Å². The van der Waals surface area contributed by atoms with E-state index in [9.17, 15) is 0 Å². The van der Waals surface area contributed by atoms with E-state index in [-0.39, 0.29) is 0 Å². The largest absolute Gasteiger partial charge is 0.247 e. The Morgan fingerprint density at radius 3 is 1.23 bits per heavy atom. The average Bonchev–Trinajstić information content (AvgIpc) is 3.87. The van der Waals surface area contributed by atoms with Gasteiger partial charge in [-0.2, -0.15) is 0 Å². The predicted octanol–water partition coefficient (Wildman–Crippen LogP) is 10.1. The molecular weight excluding hydrogens is 532 g/mol. The van der Waals surface area contributed by atoms with Crippen LogP contribution < -0.4 is 0 Å². The van der Waals surface area contributed by atoms with Gasteiger partial charge in [0.25, 0.3) is 0 Å². The monoisotopic (exact) mass is 560 g/mol. The smallest absolute Gasteiger partial charge is 0.0751 e. The molecule has 4 atom stereocenters. The van der Waals surface area contributed by atoms with Crippen molar-refractivity contribution in [3.8, 4) is 22.5 Å². The van der Waals surface area contributed by atoms with Gasteiger partial charge in [0.2, 0.25) is 0 Å². The van der Waals surface area contributed by atoms with Crippen LogP contribution >= 0.6 is 0 Å². The first-order valence-corrected chi connectivity index (χ1v) is 16.0. The lowest BCUT2D eigenvalue weighted by Crippen LogP contribution is -2.08. The summed E-state index contributed by atoms with van der Waals surface area (Å²) < 4.78 is 0. The van der Waals surface area contributed by atoms with Gasteiger partial charge in [-0.15, -0.1) is 0 Å². The van der Waals surface area contributed by atoms with Gasteiger partial charge in [0.05, 0.1) is 22.4 Å². The van der Waals surface area contributed by atoms with E-state index < -0.39 is 0 Å². The van der Waals surface area contributed by atoms with E-state index >= 15 is 0 Å². The molecule has 2 heteroatoms. The third-order valence-corrected chi connectivity index (χ3v) is 11.2. The molecule has 2 nitrogen and oxygen atoms in total. The van der Waals surface area contributed by atoms with E-state index in [4.69, 9.17) is 9.97 Å². The van der Waals surface area contributed by atoms with Crippen LogP contribution in [0.25, 0.3) is 44.3 Å². The molecule has 0 radical (unpaired) electrons. The summed E-state index contributed by atoms with van der Waals surface area (Å²) in [5.74, 6) is 1.69. The zero-order valence-electron chi connectivity index (χ0n) is 24.2. The number of nitrogens with zero attached hydrogens (tertiary/aromatic N) is 2. The SMILES string of the molecule is c1cc(-c2nc3ccccc3c3c2C2CC3c3ccccc32)cc(-c2nc3ccccc3c3c2C2CC3c3ccccc32)c1. The summed E-state index contributed by atoms with van der Waals surface area (Å²) in [4.78, 5) is 10.8. The van der Waals surface area contributed by atoms with Gasteiger partial charge in [0.1, 0.15) is 0 Å². The molecule has 2 heterocycles. The molecule has 0 amide bonds. The molecule has 4 bridgehead atoms. The number of fused-ring (bicyclic) bond motifs is 20. The van der Waals surface area contributed by atoms with Crippen molar-refractivity contribution in [2.45, 2.75) is 36.5 Å². The second-order valence-corrected chi connectivity index (χ2v) is 13.1. The van der Waals surface area contributed by atoms with Crippen molar-refractivity contribution >= 4 is 21.8 Å². The molecule has 4 aliphatic rings. The highest BCUT2D eigenvalue weighted by molar-refractivity contribution is 5.94. The maximum atomic E-state index is 5.41. The van der Waals surface area contributed by atoms with Gasteiger partial charge in [-0.25, -0.2) is 9.97 Å². The van der Waals surface area contributed by atoms with E-state index in [1.165, 1.54) is 66.4 Å². The lowest BCUT2D eigenvalue weighted by atomic mass is 9.81. The Balaban J connectivity index is 1.15. The molecule has 0 fully saturated rings. The standard InChI is InChI=1S/C42H28N2/c1-3-14-27-25(12-1)31-21-33(27)39-37(31)29-16-5-7-18-35(29)43-41(39)23-10-9-11-24(20-23)42-40-34-22-32(26-13-2-4-15-28(26)34)38(40)30-17-6-8-19-36(30)44-42/h1-20,31-34H,21-22H2. The summed E-state index contributed by atoms with van der Waals surface area (Å²) in [7, 11) is 0. The van der Waals surface area contributed by atoms with Gasteiger partial charge < -0.3 is 0 Å². The highest BCUT2D eigenvalue weighted by atomic mass is 14.7. The highest BCUT2D eigenvalue weighted by Gasteiger charge is 2.46. The highest BCUT2D eigenvalue weighted by Crippen LogP contribution is 2.61. The molecule has 4 aliphatic carbocycles. The van der Waals surface area contributed by atoms with Crippen LogP contribution in [0.1, 0.15) is 81.0 Å². The van der Waals surface area contributed by atoms with Crippen molar-refractivity contribution in [3.05, 3.63) is 166 Å². The zero-order chi connectivity index (χ0) is 28.5. The number of hydrogen-bond donors (Lipinski definition) is 0. The van der Waals surface area contributed by atoms with Crippen LogP contribution in [0.5, 0.6) is 0 Å². The van der Waals surface area contributed by atoms with Gasteiger partial charge in [-0.3, -0.25) is 0 Å². The fraction of sp³-hybridized carbons (Fsp3) is 0.143. The molecule has 7 aromatic rings. The quantitative estimate of drug-likeness (QED) is 0.210. The molecule has 0 aliphatic heterocycles. The van der Waals surface area contributed by atoms with Crippen LogP contribution in [0.4, 0.5) is 0 Å². The predicted molar refractivity (Wildman–Crippen MR) is 177 cm³/mol. The van der Waals surface area contributed by atoms with Crippen LogP contribution in [0.15, 0.2) is 121 Å². The second-order valence-electron chi connectivity index (χ2n) is 13.1. The topological polar surface area (TPSA) is 25.8 Å². The van der Waals surface area contributed by atoms with Crippen molar-refractivity contribution in [3.63, 3.8) is 0 Å². The third-order valence-electron chi connectivity index (χ3n) is 11.2. The summed E-state index contributed by atoms with van der Waals surface area (Å²) in [5, 5.41) is 2.63. The van der Waals surface area contributed by atoms with E-state index in [0.29, 0.717) is 23.7 Å². The minimum atomic E-state index is 0.400. The van der Waals surface area contributed by atoms with Gasteiger partial charge in [0, 0.05) is 45.6 Å². The average molecular weight is 561 g/mol. The fourth-order valence-electron chi connectivity index (χ4n) is 9.58. The Morgan fingerprint density at radius 2 is 0.773 bits per heavy atom. The van der Waals surface area contributed by atoms with E-state index in [1.807, 2.05) is 0 Å². The molecule has 0 saturated carbocycles. The van der Waals surface area contributed by atoms with Crippen molar-refractivity contribution in [1.82, 2.24) is 9.97 Å². The molecule has 44 heavy (non-hydrogen) atoms. The number of hydrogen-bond acceptors (Lipinski definition) is 2. The number of para-hydroxylation sites is 2. The molecule has 11 rings (SSSR count). The van der Waals surface area contributed by atoms with Crippen LogP contribution in [-0.2, 0) is 0 Å². The molecule has 4 unspecified atom stereocenters. The van der Waals surface area contributed by atoms with Crippen LogP contribution in [-0.4, -0.2) is 9.97 Å². The normalized spacial score (nSPS) is 21.5. The summed E-state index contributed by atoms with van der Waals surface area (Å²) in [6, 6.07) is 44.8. The summed E-state index contributed by atoms with van der Waals surface area (Å²) >= 11 is 0. The zero-order valence-corrected chi connectivity index (χ0v) is 24.2. The number of aromatic nitrogens is 2. The number of rotatable bonds is 2. The van der Waals surface area contributed by atoms with Gasteiger partial charge in [-0.05, 0) is 75.5 Å². The maximum absolute atomic E-state index is 5.41. The van der Waals surface area contributed by atoms with E-state index in [2.05, 4.69) is 121 Å². The lowest BCUT2D eigenvalue weighted by molar-refractivity contribution is 0.797. The van der Waals surface area contributed by atoms with Gasteiger partial charge in [-0.1, -0.05) is 103 Å². The van der Waals surface area contributed by atoms with Crippen LogP contribution in [0, 0.1) is 0 Å². The Labute approximate surface area is 256 Å². The van der Waals surface area contributed by atoms with Crippen LogP contribution in [0.3, 0.4) is 0 Å². The Kier molecular flexibility index (Phi) is 4.41. The second kappa shape index (κ2) is 8.30. The lowest BCUT2D eigenvalue weighted by Gasteiger charge is -2.25.